The average molecular weight is 358 g/mol. The van der Waals surface area contributed by atoms with Gasteiger partial charge in [0.1, 0.15) is 23.2 Å². The first-order valence-electron chi connectivity index (χ1n) is 8.25. The summed E-state index contributed by atoms with van der Waals surface area (Å²) < 4.78 is 5.27. The van der Waals surface area contributed by atoms with E-state index in [0.717, 1.165) is 11.1 Å². The second-order valence-electron chi connectivity index (χ2n) is 5.92. The minimum absolute atomic E-state index is 0.145. The predicted octanol–water partition coefficient (Wildman–Crippen LogP) is 3.84. The molecule has 3 aromatic rings. The molecule has 0 aliphatic rings. The van der Waals surface area contributed by atoms with E-state index in [4.69, 9.17) is 10.5 Å². The number of nitrogen functional groups attached to an aromatic ring is 1. The summed E-state index contributed by atoms with van der Waals surface area (Å²) in [6, 6.07) is 18.6. The van der Waals surface area contributed by atoms with E-state index >= 15 is 0 Å². The molecule has 0 atom stereocenters. The Morgan fingerprint density at radius 2 is 1.89 bits per heavy atom. The number of hydrogen-bond donors (Lipinski definition) is 2. The van der Waals surface area contributed by atoms with Gasteiger partial charge in [-0.3, -0.25) is 4.79 Å². The molecule has 0 saturated carbocycles. The fourth-order valence-corrected chi connectivity index (χ4v) is 2.78. The van der Waals surface area contributed by atoms with Crippen molar-refractivity contribution in [2.75, 3.05) is 18.2 Å². The van der Waals surface area contributed by atoms with Crippen LogP contribution in [0.15, 0.2) is 54.6 Å². The number of methoxy groups -OCH3 is 1. The number of benzene rings is 2. The summed E-state index contributed by atoms with van der Waals surface area (Å²) in [5.41, 5.74) is 10.0. The molecule has 6 nitrogen and oxygen atoms in total. The van der Waals surface area contributed by atoms with Crippen molar-refractivity contribution in [1.82, 2.24) is 4.98 Å². The molecule has 27 heavy (non-hydrogen) atoms. The van der Waals surface area contributed by atoms with E-state index in [-0.39, 0.29) is 11.7 Å². The van der Waals surface area contributed by atoms with E-state index in [9.17, 15) is 10.1 Å². The summed E-state index contributed by atoms with van der Waals surface area (Å²) >= 11 is 0. The van der Waals surface area contributed by atoms with E-state index in [0.29, 0.717) is 28.3 Å². The number of carbonyl (C=O) groups excluding carboxylic acids is 1. The number of pyridine rings is 1. The fourth-order valence-electron chi connectivity index (χ4n) is 2.78. The third-order valence-corrected chi connectivity index (χ3v) is 4.04. The van der Waals surface area contributed by atoms with Crippen molar-refractivity contribution in [2.45, 2.75) is 6.92 Å². The highest BCUT2D eigenvalue weighted by molar-refractivity contribution is 5.89. The standard InChI is InChI=1S/C21H18N4O2/c1-13(26)24-16-8-6-14(7-9-16)18-11-20(25-21(23)19(18)12-22)15-4-3-5-17(10-15)27-2/h3-11H,1-2H3,(H2,23,25)(H,24,26). The van der Waals surface area contributed by atoms with Gasteiger partial charge in [-0.25, -0.2) is 4.98 Å². The summed E-state index contributed by atoms with van der Waals surface area (Å²) in [4.78, 5) is 15.6. The van der Waals surface area contributed by atoms with E-state index in [1.807, 2.05) is 42.5 Å². The van der Waals surface area contributed by atoms with Crippen LogP contribution in [0.25, 0.3) is 22.4 Å². The topological polar surface area (TPSA) is 101 Å². The lowest BCUT2D eigenvalue weighted by atomic mass is 9.98. The first-order valence-corrected chi connectivity index (χ1v) is 8.25. The number of amides is 1. The first-order chi connectivity index (χ1) is 13.0. The number of nitrogens with zero attached hydrogens (tertiary/aromatic N) is 2. The number of hydrogen-bond acceptors (Lipinski definition) is 5. The Bertz CT molecular complexity index is 1040. The lowest BCUT2D eigenvalue weighted by Gasteiger charge is -2.11. The monoisotopic (exact) mass is 358 g/mol. The van der Waals surface area contributed by atoms with Crippen LogP contribution in [0.2, 0.25) is 0 Å². The van der Waals surface area contributed by atoms with Crippen LogP contribution in [0, 0.1) is 11.3 Å². The molecule has 0 radical (unpaired) electrons. The highest BCUT2D eigenvalue weighted by Crippen LogP contribution is 2.32. The van der Waals surface area contributed by atoms with Crippen molar-refractivity contribution in [2.24, 2.45) is 0 Å². The molecule has 0 fully saturated rings. The van der Waals surface area contributed by atoms with Crippen molar-refractivity contribution in [3.05, 3.63) is 60.2 Å². The van der Waals surface area contributed by atoms with Gasteiger partial charge in [0.05, 0.1) is 12.8 Å². The maximum absolute atomic E-state index is 11.2. The van der Waals surface area contributed by atoms with Gasteiger partial charge in [-0.2, -0.15) is 5.26 Å². The van der Waals surface area contributed by atoms with E-state index in [1.165, 1.54) is 6.92 Å². The van der Waals surface area contributed by atoms with Crippen LogP contribution >= 0.6 is 0 Å². The molecule has 3 rings (SSSR count). The highest BCUT2D eigenvalue weighted by atomic mass is 16.5. The van der Waals surface area contributed by atoms with Crippen LogP contribution in [0.4, 0.5) is 11.5 Å². The summed E-state index contributed by atoms with van der Waals surface area (Å²) in [5.74, 6) is 0.728. The maximum atomic E-state index is 11.2. The lowest BCUT2D eigenvalue weighted by Crippen LogP contribution is -2.05. The number of anilines is 2. The van der Waals surface area contributed by atoms with Gasteiger partial charge in [-0.05, 0) is 35.9 Å². The van der Waals surface area contributed by atoms with Crippen molar-refractivity contribution >= 4 is 17.4 Å². The summed E-state index contributed by atoms with van der Waals surface area (Å²) in [6.45, 7) is 1.45. The van der Waals surface area contributed by atoms with E-state index < -0.39 is 0 Å². The Labute approximate surface area is 157 Å². The van der Waals surface area contributed by atoms with Gasteiger partial charge in [0, 0.05) is 23.7 Å². The van der Waals surface area contributed by atoms with Crippen LogP contribution in [-0.4, -0.2) is 18.0 Å². The Kier molecular flexibility index (Phi) is 5.04. The van der Waals surface area contributed by atoms with Gasteiger partial charge in [0.25, 0.3) is 0 Å². The van der Waals surface area contributed by atoms with Crippen LogP contribution in [0.5, 0.6) is 5.75 Å². The lowest BCUT2D eigenvalue weighted by molar-refractivity contribution is -0.114. The number of nitrogens with one attached hydrogen (secondary N) is 1. The molecule has 1 aromatic heterocycles. The second-order valence-corrected chi connectivity index (χ2v) is 5.92. The van der Waals surface area contributed by atoms with Gasteiger partial charge in [0.2, 0.25) is 5.91 Å². The van der Waals surface area contributed by atoms with Gasteiger partial charge >= 0.3 is 0 Å². The summed E-state index contributed by atoms with van der Waals surface area (Å²) in [6.07, 6.45) is 0. The molecule has 1 heterocycles. The molecule has 2 aromatic carbocycles. The van der Waals surface area contributed by atoms with Crippen molar-refractivity contribution < 1.29 is 9.53 Å². The second kappa shape index (κ2) is 7.58. The number of aromatic nitrogens is 1. The number of nitrogens with two attached hydrogens (primary N) is 1. The minimum Gasteiger partial charge on any atom is -0.497 e. The van der Waals surface area contributed by atoms with Gasteiger partial charge in [0.15, 0.2) is 0 Å². The minimum atomic E-state index is -0.145. The zero-order chi connectivity index (χ0) is 19.4. The molecule has 3 N–H and O–H groups in total. The average Bonchev–Trinajstić information content (AvgIpc) is 2.67. The maximum Gasteiger partial charge on any atom is 0.221 e. The Morgan fingerprint density at radius 3 is 2.52 bits per heavy atom. The Hall–Kier alpha value is -3.85. The first kappa shape index (κ1) is 18.0. The molecule has 0 bridgehead atoms. The normalized spacial score (nSPS) is 10.1. The van der Waals surface area contributed by atoms with Gasteiger partial charge in [-0.1, -0.05) is 24.3 Å². The van der Waals surface area contributed by atoms with E-state index in [1.54, 1.807) is 19.2 Å². The molecule has 0 saturated heterocycles. The quantitative estimate of drug-likeness (QED) is 0.738. The molecule has 0 aliphatic heterocycles. The van der Waals surface area contributed by atoms with Gasteiger partial charge in [-0.15, -0.1) is 0 Å². The van der Waals surface area contributed by atoms with Crippen molar-refractivity contribution in [3.8, 4) is 34.2 Å². The Balaban J connectivity index is 2.10. The third-order valence-electron chi connectivity index (χ3n) is 4.04. The zero-order valence-electron chi connectivity index (χ0n) is 15.0. The van der Waals surface area contributed by atoms with Crippen LogP contribution in [0.1, 0.15) is 12.5 Å². The number of nitriles is 1. The van der Waals surface area contributed by atoms with Crippen LogP contribution in [0.3, 0.4) is 0 Å². The van der Waals surface area contributed by atoms with Crippen molar-refractivity contribution in [3.63, 3.8) is 0 Å². The molecule has 0 unspecified atom stereocenters. The summed E-state index contributed by atoms with van der Waals surface area (Å²) in [7, 11) is 1.60. The molecular weight excluding hydrogens is 340 g/mol. The Morgan fingerprint density at radius 1 is 1.15 bits per heavy atom. The summed E-state index contributed by atoms with van der Waals surface area (Å²) in [5, 5.41) is 12.2. The smallest absolute Gasteiger partial charge is 0.221 e. The predicted molar refractivity (Wildman–Crippen MR) is 105 cm³/mol. The molecule has 6 heteroatoms. The molecule has 0 aliphatic carbocycles. The third kappa shape index (κ3) is 3.88. The van der Waals surface area contributed by atoms with Crippen molar-refractivity contribution in [1.29, 1.82) is 5.26 Å². The van der Waals surface area contributed by atoms with Gasteiger partial charge < -0.3 is 15.8 Å². The number of carbonyl (C=O) groups is 1. The SMILES string of the molecule is COc1cccc(-c2cc(-c3ccc(NC(C)=O)cc3)c(C#N)c(N)n2)c1. The molecule has 134 valence electrons. The number of ether oxygens (including phenoxy) is 1. The van der Waals surface area contributed by atoms with Crippen LogP contribution in [-0.2, 0) is 4.79 Å². The highest BCUT2D eigenvalue weighted by Gasteiger charge is 2.14. The fraction of sp³-hybridized carbons (Fsp3) is 0.0952. The zero-order valence-corrected chi connectivity index (χ0v) is 15.0. The molecule has 0 spiro atoms. The van der Waals surface area contributed by atoms with E-state index in [2.05, 4.69) is 16.4 Å². The molecular formula is C21H18N4O2. The van der Waals surface area contributed by atoms with Crippen LogP contribution < -0.4 is 15.8 Å². The molecule has 1 amide bonds. The number of rotatable bonds is 4. The largest absolute Gasteiger partial charge is 0.497 e.